The van der Waals surface area contributed by atoms with Crippen molar-refractivity contribution in [3.8, 4) is 5.75 Å². The van der Waals surface area contributed by atoms with E-state index in [4.69, 9.17) is 4.74 Å². The molecule has 0 saturated carbocycles. The van der Waals surface area contributed by atoms with Crippen LogP contribution in [0.3, 0.4) is 0 Å². The number of carbonyl (C=O) groups excluding carboxylic acids is 2. The van der Waals surface area contributed by atoms with Crippen molar-refractivity contribution in [1.82, 2.24) is 10.3 Å². The minimum absolute atomic E-state index is 0.0551. The Hall–Kier alpha value is -2.89. The van der Waals surface area contributed by atoms with E-state index in [-0.39, 0.29) is 24.2 Å². The monoisotopic (exact) mass is 325 g/mol. The predicted molar refractivity (Wildman–Crippen MR) is 89.5 cm³/mol. The Balaban J connectivity index is 1.61. The minimum atomic E-state index is -0.354. The van der Waals surface area contributed by atoms with Gasteiger partial charge in [0.05, 0.1) is 24.9 Å². The highest BCUT2D eigenvalue weighted by atomic mass is 16.5. The molecule has 1 aliphatic rings. The number of anilines is 1. The van der Waals surface area contributed by atoms with Gasteiger partial charge in [-0.15, -0.1) is 0 Å². The summed E-state index contributed by atoms with van der Waals surface area (Å²) in [6, 6.07) is 11.1. The number of amides is 2. The second-order valence-electron chi connectivity index (χ2n) is 5.65. The van der Waals surface area contributed by atoms with Gasteiger partial charge >= 0.3 is 0 Å². The van der Waals surface area contributed by atoms with Gasteiger partial charge in [-0.3, -0.25) is 14.6 Å². The number of carbonyl (C=O) groups is 2. The van der Waals surface area contributed by atoms with E-state index >= 15 is 0 Å². The molecule has 2 amide bonds. The molecule has 1 atom stereocenters. The van der Waals surface area contributed by atoms with Crippen molar-refractivity contribution in [1.29, 1.82) is 0 Å². The zero-order chi connectivity index (χ0) is 16.9. The van der Waals surface area contributed by atoms with Crippen LogP contribution in [0.25, 0.3) is 0 Å². The van der Waals surface area contributed by atoms with Crippen LogP contribution >= 0.6 is 0 Å². The standard InChI is InChI=1S/C18H19N3O3/c1-24-16-7-3-2-5-13(16)10-20-18(23)14-9-17(22)21(12-14)15-6-4-8-19-11-15/h2-8,11,14H,9-10,12H2,1H3,(H,20,23). The zero-order valence-electron chi connectivity index (χ0n) is 13.4. The van der Waals surface area contributed by atoms with Crippen LogP contribution < -0.4 is 15.0 Å². The van der Waals surface area contributed by atoms with Gasteiger partial charge in [-0.2, -0.15) is 0 Å². The fourth-order valence-corrected chi connectivity index (χ4v) is 2.82. The molecule has 0 bridgehead atoms. The molecule has 1 aliphatic heterocycles. The number of ether oxygens (including phenoxy) is 1. The molecular weight excluding hydrogens is 306 g/mol. The van der Waals surface area contributed by atoms with Crippen LogP contribution in [0.5, 0.6) is 5.75 Å². The Kier molecular flexibility index (Phi) is 4.74. The number of aromatic nitrogens is 1. The lowest BCUT2D eigenvalue weighted by molar-refractivity contribution is -0.126. The number of rotatable bonds is 5. The highest BCUT2D eigenvalue weighted by Crippen LogP contribution is 2.24. The Morgan fingerprint density at radius 3 is 2.92 bits per heavy atom. The summed E-state index contributed by atoms with van der Waals surface area (Å²) in [6.45, 7) is 0.753. The number of hydrogen-bond acceptors (Lipinski definition) is 4. The summed E-state index contributed by atoms with van der Waals surface area (Å²) < 4.78 is 5.27. The van der Waals surface area contributed by atoms with Crippen molar-refractivity contribution < 1.29 is 14.3 Å². The molecule has 1 unspecified atom stereocenters. The summed E-state index contributed by atoms with van der Waals surface area (Å²) in [4.78, 5) is 30.2. The van der Waals surface area contributed by atoms with Crippen LogP contribution in [0, 0.1) is 5.92 Å². The van der Waals surface area contributed by atoms with Crippen molar-refractivity contribution in [3.63, 3.8) is 0 Å². The van der Waals surface area contributed by atoms with E-state index in [1.54, 1.807) is 30.5 Å². The Labute approximate surface area is 140 Å². The van der Waals surface area contributed by atoms with Gasteiger partial charge < -0.3 is 15.0 Å². The molecule has 1 aromatic carbocycles. The van der Waals surface area contributed by atoms with Crippen molar-refractivity contribution in [3.05, 3.63) is 54.4 Å². The van der Waals surface area contributed by atoms with Gasteiger partial charge in [-0.05, 0) is 18.2 Å². The maximum atomic E-state index is 12.4. The van der Waals surface area contributed by atoms with Crippen molar-refractivity contribution in [2.75, 3.05) is 18.6 Å². The number of benzene rings is 1. The summed E-state index contributed by atoms with van der Waals surface area (Å²) >= 11 is 0. The van der Waals surface area contributed by atoms with E-state index in [1.807, 2.05) is 30.3 Å². The Morgan fingerprint density at radius 2 is 2.17 bits per heavy atom. The molecule has 1 N–H and O–H groups in total. The van der Waals surface area contributed by atoms with Crippen LogP contribution in [-0.2, 0) is 16.1 Å². The zero-order valence-corrected chi connectivity index (χ0v) is 13.4. The van der Waals surface area contributed by atoms with Gasteiger partial charge in [0, 0.05) is 31.3 Å². The molecule has 0 aliphatic carbocycles. The van der Waals surface area contributed by atoms with E-state index in [2.05, 4.69) is 10.3 Å². The average Bonchev–Trinajstić information content (AvgIpc) is 3.02. The first kappa shape index (κ1) is 16.0. The summed E-state index contributed by atoms with van der Waals surface area (Å²) in [5.74, 6) is 0.200. The molecule has 6 heteroatoms. The fraction of sp³-hybridized carbons (Fsp3) is 0.278. The third kappa shape index (κ3) is 3.37. The number of nitrogens with one attached hydrogen (secondary N) is 1. The second-order valence-corrected chi connectivity index (χ2v) is 5.65. The van der Waals surface area contributed by atoms with E-state index in [0.717, 1.165) is 17.0 Å². The van der Waals surface area contributed by atoms with Crippen LogP contribution in [0.15, 0.2) is 48.8 Å². The quantitative estimate of drug-likeness (QED) is 0.909. The van der Waals surface area contributed by atoms with Crippen molar-refractivity contribution in [2.45, 2.75) is 13.0 Å². The molecular formula is C18H19N3O3. The number of pyridine rings is 1. The van der Waals surface area contributed by atoms with Gasteiger partial charge in [0.15, 0.2) is 0 Å². The highest BCUT2D eigenvalue weighted by molar-refractivity contribution is 6.00. The van der Waals surface area contributed by atoms with E-state index in [1.165, 1.54) is 0 Å². The van der Waals surface area contributed by atoms with E-state index in [0.29, 0.717) is 13.1 Å². The van der Waals surface area contributed by atoms with Crippen LogP contribution in [0.1, 0.15) is 12.0 Å². The molecule has 1 fully saturated rings. The molecule has 6 nitrogen and oxygen atoms in total. The summed E-state index contributed by atoms with van der Waals surface area (Å²) in [5.41, 5.74) is 1.63. The largest absolute Gasteiger partial charge is 0.496 e. The summed E-state index contributed by atoms with van der Waals surface area (Å²) in [6.07, 6.45) is 3.50. The molecule has 3 rings (SSSR count). The normalized spacial score (nSPS) is 17.0. The Bertz CT molecular complexity index is 733. The lowest BCUT2D eigenvalue weighted by atomic mass is 10.1. The number of hydrogen-bond donors (Lipinski definition) is 1. The molecule has 2 aromatic rings. The van der Waals surface area contributed by atoms with Gasteiger partial charge in [0.25, 0.3) is 0 Å². The highest BCUT2D eigenvalue weighted by Gasteiger charge is 2.35. The van der Waals surface area contributed by atoms with Crippen LogP contribution in [0.4, 0.5) is 5.69 Å². The first-order valence-corrected chi connectivity index (χ1v) is 7.79. The predicted octanol–water partition coefficient (Wildman–Crippen LogP) is 1.76. The lowest BCUT2D eigenvalue weighted by Gasteiger charge is -2.16. The number of para-hydroxylation sites is 1. The molecule has 2 heterocycles. The summed E-state index contributed by atoms with van der Waals surface area (Å²) in [7, 11) is 1.60. The van der Waals surface area contributed by atoms with Crippen LogP contribution in [-0.4, -0.2) is 30.5 Å². The van der Waals surface area contributed by atoms with E-state index in [9.17, 15) is 9.59 Å². The smallest absolute Gasteiger partial charge is 0.227 e. The number of methoxy groups -OCH3 is 1. The first-order chi connectivity index (χ1) is 11.7. The molecule has 1 aromatic heterocycles. The minimum Gasteiger partial charge on any atom is -0.496 e. The summed E-state index contributed by atoms with van der Waals surface area (Å²) in [5, 5.41) is 2.89. The lowest BCUT2D eigenvalue weighted by Crippen LogP contribution is -2.32. The molecule has 0 radical (unpaired) electrons. The van der Waals surface area contributed by atoms with Crippen molar-refractivity contribution >= 4 is 17.5 Å². The van der Waals surface area contributed by atoms with Crippen molar-refractivity contribution in [2.24, 2.45) is 5.92 Å². The topological polar surface area (TPSA) is 71.5 Å². The van der Waals surface area contributed by atoms with Crippen LogP contribution in [0.2, 0.25) is 0 Å². The number of nitrogens with zero attached hydrogens (tertiary/aromatic N) is 2. The van der Waals surface area contributed by atoms with E-state index < -0.39 is 0 Å². The fourth-order valence-electron chi connectivity index (χ4n) is 2.82. The molecule has 0 spiro atoms. The first-order valence-electron chi connectivity index (χ1n) is 7.79. The average molecular weight is 325 g/mol. The molecule has 124 valence electrons. The Morgan fingerprint density at radius 1 is 1.33 bits per heavy atom. The third-order valence-corrected chi connectivity index (χ3v) is 4.10. The van der Waals surface area contributed by atoms with Gasteiger partial charge in [0.2, 0.25) is 11.8 Å². The maximum absolute atomic E-state index is 12.4. The van der Waals surface area contributed by atoms with Gasteiger partial charge in [-0.1, -0.05) is 18.2 Å². The maximum Gasteiger partial charge on any atom is 0.227 e. The molecule has 1 saturated heterocycles. The van der Waals surface area contributed by atoms with Gasteiger partial charge in [0.1, 0.15) is 5.75 Å². The van der Waals surface area contributed by atoms with Gasteiger partial charge in [-0.25, -0.2) is 0 Å². The molecule has 24 heavy (non-hydrogen) atoms. The SMILES string of the molecule is COc1ccccc1CNC(=O)C1CC(=O)N(c2cccnc2)C1. The second kappa shape index (κ2) is 7.12. The third-order valence-electron chi connectivity index (χ3n) is 4.10.